The number of nitrogens with one attached hydrogen (secondary N) is 1. The van der Waals surface area contributed by atoms with Gasteiger partial charge in [0.25, 0.3) is 0 Å². The van der Waals surface area contributed by atoms with Crippen molar-refractivity contribution in [3.63, 3.8) is 0 Å². The molecule has 0 radical (unpaired) electrons. The maximum Gasteiger partial charge on any atom is 0.230 e. The zero-order valence-electron chi connectivity index (χ0n) is 10.1. The normalized spacial score (nSPS) is 19.4. The lowest BCUT2D eigenvalue weighted by atomic mass is 9.95. The quantitative estimate of drug-likeness (QED) is 0.750. The van der Waals surface area contributed by atoms with Gasteiger partial charge in [0.1, 0.15) is 0 Å². The Hall–Kier alpha value is -0.220. The lowest BCUT2D eigenvalue weighted by Gasteiger charge is -2.22. The average molecular weight is 245 g/mol. The molecule has 3 nitrogen and oxygen atoms in total. The van der Waals surface area contributed by atoms with E-state index in [9.17, 15) is 4.79 Å². The molecule has 94 valence electrons. The van der Waals surface area contributed by atoms with Gasteiger partial charge >= 0.3 is 0 Å². The van der Waals surface area contributed by atoms with Gasteiger partial charge in [0.2, 0.25) is 5.91 Å². The van der Waals surface area contributed by atoms with E-state index < -0.39 is 0 Å². The van der Waals surface area contributed by atoms with Crippen LogP contribution < -0.4 is 5.32 Å². The number of carbonyl (C=O) groups is 1. The minimum Gasteiger partial charge on any atom is -0.396 e. The number of amides is 1. The first-order valence-corrected chi connectivity index (χ1v) is 7.35. The van der Waals surface area contributed by atoms with Gasteiger partial charge in [-0.3, -0.25) is 4.79 Å². The van der Waals surface area contributed by atoms with Crippen molar-refractivity contribution in [2.75, 3.05) is 18.1 Å². The largest absolute Gasteiger partial charge is 0.396 e. The second kappa shape index (κ2) is 7.96. The van der Waals surface area contributed by atoms with Crippen LogP contribution in [0.2, 0.25) is 0 Å². The van der Waals surface area contributed by atoms with E-state index >= 15 is 0 Å². The van der Waals surface area contributed by atoms with Crippen LogP contribution in [-0.4, -0.2) is 35.2 Å². The summed E-state index contributed by atoms with van der Waals surface area (Å²) in [6, 6.07) is 0.414. The molecule has 4 heteroatoms. The zero-order valence-corrected chi connectivity index (χ0v) is 10.9. The molecule has 0 saturated heterocycles. The summed E-state index contributed by atoms with van der Waals surface area (Å²) in [5, 5.41) is 11.9. The van der Waals surface area contributed by atoms with Crippen LogP contribution in [0.1, 0.15) is 39.0 Å². The van der Waals surface area contributed by atoms with Crippen LogP contribution >= 0.6 is 11.8 Å². The molecular formula is C12H23NO2S. The van der Waals surface area contributed by atoms with Crippen molar-refractivity contribution >= 4 is 17.7 Å². The number of hydrogen-bond acceptors (Lipinski definition) is 3. The van der Waals surface area contributed by atoms with Crippen molar-refractivity contribution in [1.82, 2.24) is 5.32 Å². The SMILES string of the molecule is CC(CO)CSCC(=O)NC1CCCCC1. The van der Waals surface area contributed by atoms with Crippen LogP contribution in [0.3, 0.4) is 0 Å². The molecule has 16 heavy (non-hydrogen) atoms. The fourth-order valence-corrected chi connectivity index (χ4v) is 2.82. The van der Waals surface area contributed by atoms with Gasteiger partial charge in [0, 0.05) is 12.6 Å². The number of carbonyl (C=O) groups excluding carboxylic acids is 1. The van der Waals surface area contributed by atoms with E-state index in [2.05, 4.69) is 5.32 Å². The molecule has 0 bridgehead atoms. The van der Waals surface area contributed by atoms with Gasteiger partial charge in [-0.15, -0.1) is 0 Å². The smallest absolute Gasteiger partial charge is 0.230 e. The first-order chi connectivity index (χ1) is 7.72. The molecule has 0 aliphatic heterocycles. The molecule has 1 aliphatic rings. The summed E-state index contributed by atoms with van der Waals surface area (Å²) in [5.74, 6) is 1.82. The topological polar surface area (TPSA) is 49.3 Å². The molecule has 1 rings (SSSR count). The summed E-state index contributed by atoms with van der Waals surface area (Å²) in [6.07, 6.45) is 6.10. The van der Waals surface area contributed by atoms with E-state index in [0.717, 1.165) is 18.6 Å². The van der Waals surface area contributed by atoms with Crippen molar-refractivity contribution < 1.29 is 9.90 Å². The van der Waals surface area contributed by atoms with Gasteiger partial charge in [-0.1, -0.05) is 26.2 Å². The number of rotatable bonds is 6. The highest BCUT2D eigenvalue weighted by Crippen LogP contribution is 2.17. The third kappa shape index (κ3) is 5.75. The van der Waals surface area contributed by atoms with Gasteiger partial charge in [0.15, 0.2) is 0 Å². The lowest BCUT2D eigenvalue weighted by Crippen LogP contribution is -2.37. The van der Waals surface area contributed by atoms with Crippen LogP contribution in [0.5, 0.6) is 0 Å². The molecule has 1 fully saturated rings. The summed E-state index contributed by atoms with van der Waals surface area (Å²) >= 11 is 1.61. The Morgan fingerprint density at radius 1 is 1.44 bits per heavy atom. The van der Waals surface area contributed by atoms with E-state index in [-0.39, 0.29) is 18.4 Å². The molecule has 0 spiro atoms. The fourth-order valence-electron chi connectivity index (χ4n) is 1.92. The molecule has 1 amide bonds. The third-order valence-corrected chi connectivity index (χ3v) is 4.19. The van der Waals surface area contributed by atoms with Crippen molar-refractivity contribution in [3.05, 3.63) is 0 Å². The summed E-state index contributed by atoms with van der Waals surface area (Å²) in [5.41, 5.74) is 0. The second-order valence-corrected chi connectivity index (χ2v) is 5.74. The van der Waals surface area contributed by atoms with E-state index in [1.807, 2.05) is 6.92 Å². The van der Waals surface area contributed by atoms with Crippen molar-refractivity contribution in [2.24, 2.45) is 5.92 Å². The minimum absolute atomic E-state index is 0.155. The van der Waals surface area contributed by atoms with Crippen LogP contribution in [-0.2, 0) is 4.79 Å². The molecule has 1 unspecified atom stereocenters. The van der Waals surface area contributed by atoms with Crippen LogP contribution in [0.15, 0.2) is 0 Å². The molecular weight excluding hydrogens is 222 g/mol. The molecule has 0 heterocycles. The number of hydrogen-bond donors (Lipinski definition) is 2. The predicted molar refractivity (Wildman–Crippen MR) is 68.6 cm³/mol. The third-order valence-electron chi connectivity index (χ3n) is 2.92. The maximum absolute atomic E-state index is 11.6. The summed E-state index contributed by atoms with van der Waals surface area (Å²) < 4.78 is 0. The standard InChI is InChI=1S/C12H23NO2S/c1-10(7-14)8-16-9-12(15)13-11-5-3-2-4-6-11/h10-11,14H,2-9H2,1H3,(H,13,15). The number of aliphatic hydroxyl groups excluding tert-OH is 1. The predicted octanol–water partition coefficient (Wildman–Crippen LogP) is 1.80. The Bertz CT molecular complexity index is 205. The van der Waals surface area contributed by atoms with Gasteiger partial charge < -0.3 is 10.4 Å². The molecule has 1 aliphatic carbocycles. The van der Waals surface area contributed by atoms with Crippen molar-refractivity contribution in [2.45, 2.75) is 45.1 Å². The van der Waals surface area contributed by atoms with Crippen molar-refractivity contribution in [3.8, 4) is 0 Å². The van der Waals surface area contributed by atoms with E-state index in [1.165, 1.54) is 19.3 Å². The van der Waals surface area contributed by atoms with E-state index in [1.54, 1.807) is 11.8 Å². The van der Waals surface area contributed by atoms with Gasteiger partial charge in [0.05, 0.1) is 5.75 Å². The summed E-state index contributed by atoms with van der Waals surface area (Å²) in [6.45, 7) is 2.20. The first kappa shape index (κ1) is 13.8. The highest BCUT2D eigenvalue weighted by molar-refractivity contribution is 7.99. The van der Waals surface area contributed by atoms with Gasteiger partial charge in [-0.05, 0) is 24.5 Å². The zero-order chi connectivity index (χ0) is 11.8. The Morgan fingerprint density at radius 3 is 2.75 bits per heavy atom. The molecule has 1 saturated carbocycles. The Balaban J connectivity index is 2.05. The molecule has 1 atom stereocenters. The lowest BCUT2D eigenvalue weighted by molar-refractivity contribution is -0.119. The second-order valence-electron chi connectivity index (χ2n) is 4.71. The molecule has 2 N–H and O–H groups in total. The summed E-state index contributed by atoms with van der Waals surface area (Å²) in [4.78, 5) is 11.6. The first-order valence-electron chi connectivity index (χ1n) is 6.20. The summed E-state index contributed by atoms with van der Waals surface area (Å²) in [7, 11) is 0. The van der Waals surface area contributed by atoms with E-state index in [0.29, 0.717) is 11.8 Å². The van der Waals surface area contributed by atoms with Gasteiger partial charge in [-0.25, -0.2) is 0 Å². The molecule has 0 aromatic heterocycles. The highest BCUT2D eigenvalue weighted by Gasteiger charge is 2.15. The average Bonchev–Trinajstić information content (AvgIpc) is 2.30. The highest BCUT2D eigenvalue weighted by atomic mass is 32.2. The molecule has 0 aromatic carbocycles. The Morgan fingerprint density at radius 2 is 2.12 bits per heavy atom. The Kier molecular flexibility index (Phi) is 6.88. The number of thioether (sulfide) groups is 1. The Labute approximate surface area is 102 Å². The van der Waals surface area contributed by atoms with Crippen LogP contribution in [0, 0.1) is 5.92 Å². The van der Waals surface area contributed by atoms with Crippen molar-refractivity contribution in [1.29, 1.82) is 0 Å². The molecule has 0 aromatic rings. The minimum atomic E-state index is 0.155. The van der Waals surface area contributed by atoms with Crippen LogP contribution in [0.25, 0.3) is 0 Å². The monoisotopic (exact) mass is 245 g/mol. The van der Waals surface area contributed by atoms with Gasteiger partial charge in [-0.2, -0.15) is 11.8 Å². The van der Waals surface area contributed by atoms with Crippen LogP contribution in [0.4, 0.5) is 0 Å². The maximum atomic E-state index is 11.6. The number of aliphatic hydroxyl groups is 1. The van der Waals surface area contributed by atoms with E-state index in [4.69, 9.17) is 5.11 Å². The fraction of sp³-hybridized carbons (Fsp3) is 0.917.